The van der Waals surface area contributed by atoms with E-state index in [1.165, 1.54) is 0 Å². The normalized spacial score (nSPS) is 33.8. The Labute approximate surface area is 64.8 Å². The highest BCUT2D eigenvalue weighted by Gasteiger charge is 2.41. The fourth-order valence-corrected chi connectivity index (χ4v) is 1.73. The first-order valence-electron chi connectivity index (χ1n) is 4.07. The van der Waals surface area contributed by atoms with Crippen LogP contribution < -0.4 is 0 Å². The summed E-state index contributed by atoms with van der Waals surface area (Å²) in [6.07, 6.45) is -1.57. The summed E-state index contributed by atoms with van der Waals surface area (Å²) in [5.74, 6) is -0.762. The maximum Gasteiger partial charge on any atom is 0.391 e. The van der Waals surface area contributed by atoms with Crippen molar-refractivity contribution in [2.45, 2.75) is 38.8 Å². The van der Waals surface area contributed by atoms with Gasteiger partial charge in [0.1, 0.15) is 0 Å². The van der Waals surface area contributed by atoms with Crippen molar-refractivity contribution >= 4 is 0 Å². The van der Waals surface area contributed by atoms with Gasteiger partial charge in [-0.05, 0) is 18.8 Å². The van der Waals surface area contributed by atoms with Gasteiger partial charge in [0, 0.05) is 0 Å². The first-order valence-corrected chi connectivity index (χ1v) is 4.07. The summed E-state index contributed by atoms with van der Waals surface area (Å²) >= 11 is 0. The molecule has 2 atom stereocenters. The zero-order chi connectivity index (χ0) is 8.48. The standard InChI is InChI=1S/C8H13F3/c1-6-3-2-4-7(5-6)8(9,10)11/h6-7H,2-5H2,1H3/t6-,7+/m1/s1. The van der Waals surface area contributed by atoms with E-state index < -0.39 is 12.1 Å². The van der Waals surface area contributed by atoms with E-state index in [0.717, 1.165) is 12.8 Å². The second-order valence-electron chi connectivity index (χ2n) is 3.51. The molecule has 1 fully saturated rings. The topological polar surface area (TPSA) is 0 Å². The van der Waals surface area contributed by atoms with Crippen molar-refractivity contribution in [2.75, 3.05) is 0 Å². The molecule has 0 aromatic carbocycles. The predicted octanol–water partition coefficient (Wildman–Crippen LogP) is 3.38. The Hall–Kier alpha value is -0.210. The lowest BCUT2D eigenvalue weighted by Gasteiger charge is -2.28. The van der Waals surface area contributed by atoms with Crippen molar-refractivity contribution in [1.82, 2.24) is 0 Å². The molecule has 0 aromatic rings. The lowest BCUT2D eigenvalue weighted by molar-refractivity contribution is -0.185. The van der Waals surface area contributed by atoms with Crippen LogP contribution in [0, 0.1) is 11.8 Å². The third kappa shape index (κ3) is 2.38. The maximum atomic E-state index is 12.1. The SMILES string of the molecule is C[C@@H]1CCC[C@H](C(F)(F)F)C1. The summed E-state index contributed by atoms with van der Waals surface area (Å²) < 4.78 is 36.3. The van der Waals surface area contributed by atoms with Crippen LogP contribution in [0.4, 0.5) is 13.2 Å². The summed E-state index contributed by atoms with van der Waals surface area (Å²) in [5, 5.41) is 0. The van der Waals surface area contributed by atoms with E-state index in [-0.39, 0.29) is 5.92 Å². The van der Waals surface area contributed by atoms with Crippen LogP contribution in [-0.2, 0) is 0 Å². The lowest BCUT2D eigenvalue weighted by Crippen LogP contribution is -2.27. The van der Waals surface area contributed by atoms with E-state index in [2.05, 4.69) is 0 Å². The zero-order valence-electron chi connectivity index (χ0n) is 6.62. The molecule has 0 aromatic heterocycles. The molecule has 11 heavy (non-hydrogen) atoms. The molecule has 0 N–H and O–H groups in total. The van der Waals surface area contributed by atoms with Crippen molar-refractivity contribution in [1.29, 1.82) is 0 Å². The van der Waals surface area contributed by atoms with Gasteiger partial charge in [-0.2, -0.15) is 13.2 Å². The Morgan fingerprint density at radius 1 is 1.18 bits per heavy atom. The number of alkyl halides is 3. The summed E-state index contributed by atoms with van der Waals surface area (Å²) in [6, 6.07) is 0. The molecule has 0 aliphatic heterocycles. The van der Waals surface area contributed by atoms with Gasteiger partial charge < -0.3 is 0 Å². The van der Waals surface area contributed by atoms with E-state index in [1.807, 2.05) is 6.92 Å². The van der Waals surface area contributed by atoms with Crippen LogP contribution in [0.1, 0.15) is 32.6 Å². The average Bonchev–Trinajstić information content (AvgIpc) is 1.86. The van der Waals surface area contributed by atoms with Gasteiger partial charge >= 0.3 is 6.18 Å². The number of rotatable bonds is 0. The van der Waals surface area contributed by atoms with Crippen LogP contribution in [0.5, 0.6) is 0 Å². The molecule has 0 saturated heterocycles. The number of halogens is 3. The van der Waals surface area contributed by atoms with E-state index in [1.54, 1.807) is 0 Å². The molecule has 3 heteroatoms. The summed E-state index contributed by atoms with van der Waals surface area (Å²) in [7, 11) is 0. The van der Waals surface area contributed by atoms with Gasteiger partial charge in [-0.1, -0.05) is 19.8 Å². The highest BCUT2D eigenvalue weighted by Crippen LogP contribution is 2.39. The highest BCUT2D eigenvalue weighted by molar-refractivity contribution is 4.75. The molecule has 1 aliphatic carbocycles. The molecule has 0 spiro atoms. The number of hydrogen-bond donors (Lipinski definition) is 0. The fourth-order valence-electron chi connectivity index (χ4n) is 1.73. The van der Waals surface area contributed by atoms with Gasteiger partial charge in [0.25, 0.3) is 0 Å². The molecule has 0 bridgehead atoms. The Morgan fingerprint density at radius 2 is 1.82 bits per heavy atom. The second kappa shape index (κ2) is 3.03. The van der Waals surface area contributed by atoms with E-state index in [9.17, 15) is 13.2 Å². The van der Waals surface area contributed by atoms with Crippen LogP contribution >= 0.6 is 0 Å². The van der Waals surface area contributed by atoms with Crippen molar-refractivity contribution < 1.29 is 13.2 Å². The van der Waals surface area contributed by atoms with Crippen LogP contribution in [0.15, 0.2) is 0 Å². The van der Waals surface area contributed by atoms with Crippen molar-refractivity contribution in [2.24, 2.45) is 11.8 Å². The van der Waals surface area contributed by atoms with Crippen molar-refractivity contribution in [3.05, 3.63) is 0 Å². The second-order valence-corrected chi connectivity index (χ2v) is 3.51. The molecule has 0 heterocycles. The molecule has 0 amide bonds. The minimum absolute atomic E-state index is 0.260. The van der Waals surface area contributed by atoms with Crippen molar-refractivity contribution in [3.63, 3.8) is 0 Å². The lowest BCUT2D eigenvalue weighted by atomic mass is 9.82. The molecule has 1 rings (SSSR count). The first kappa shape index (κ1) is 8.88. The Kier molecular flexibility index (Phi) is 2.45. The van der Waals surface area contributed by atoms with E-state index in [4.69, 9.17) is 0 Å². The number of hydrogen-bond acceptors (Lipinski definition) is 0. The van der Waals surface area contributed by atoms with E-state index >= 15 is 0 Å². The Bertz CT molecular complexity index is 128. The minimum atomic E-state index is -3.95. The van der Waals surface area contributed by atoms with Crippen LogP contribution in [-0.4, -0.2) is 6.18 Å². The third-order valence-electron chi connectivity index (χ3n) is 2.40. The molecule has 1 aliphatic rings. The fraction of sp³-hybridized carbons (Fsp3) is 1.00. The van der Waals surface area contributed by atoms with Crippen LogP contribution in [0.25, 0.3) is 0 Å². The molecule has 66 valence electrons. The Morgan fingerprint density at radius 3 is 2.18 bits per heavy atom. The van der Waals surface area contributed by atoms with E-state index in [0.29, 0.717) is 12.8 Å². The molecule has 0 nitrogen and oxygen atoms in total. The van der Waals surface area contributed by atoms with Gasteiger partial charge in [-0.3, -0.25) is 0 Å². The summed E-state index contributed by atoms with van der Waals surface area (Å²) in [6.45, 7) is 1.90. The third-order valence-corrected chi connectivity index (χ3v) is 2.40. The quantitative estimate of drug-likeness (QED) is 0.517. The van der Waals surface area contributed by atoms with Crippen LogP contribution in [0.3, 0.4) is 0 Å². The molecular weight excluding hydrogens is 153 g/mol. The first-order chi connectivity index (χ1) is 5.00. The smallest absolute Gasteiger partial charge is 0.171 e. The van der Waals surface area contributed by atoms with Crippen molar-refractivity contribution in [3.8, 4) is 0 Å². The average molecular weight is 166 g/mol. The van der Waals surface area contributed by atoms with Gasteiger partial charge in [0.05, 0.1) is 5.92 Å². The highest BCUT2D eigenvalue weighted by atomic mass is 19.4. The van der Waals surface area contributed by atoms with Gasteiger partial charge in [-0.25, -0.2) is 0 Å². The Balaban J connectivity index is 2.46. The zero-order valence-corrected chi connectivity index (χ0v) is 6.62. The molecule has 0 radical (unpaired) electrons. The van der Waals surface area contributed by atoms with Gasteiger partial charge in [0.15, 0.2) is 0 Å². The molecule has 0 unspecified atom stereocenters. The largest absolute Gasteiger partial charge is 0.391 e. The minimum Gasteiger partial charge on any atom is -0.171 e. The summed E-state index contributed by atoms with van der Waals surface area (Å²) in [4.78, 5) is 0. The maximum absolute atomic E-state index is 12.1. The monoisotopic (exact) mass is 166 g/mol. The molecule has 1 saturated carbocycles. The van der Waals surface area contributed by atoms with Gasteiger partial charge in [0.2, 0.25) is 0 Å². The predicted molar refractivity (Wildman–Crippen MR) is 37.2 cm³/mol. The summed E-state index contributed by atoms with van der Waals surface area (Å²) in [5.41, 5.74) is 0. The van der Waals surface area contributed by atoms with Crippen LogP contribution in [0.2, 0.25) is 0 Å². The van der Waals surface area contributed by atoms with Gasteiger partial charge in [-0.15, -0.1) is 0 Å². The molecular formula is C8H13F3.